The highest BCUT2D eigenvalue weighted by Crippen LogP contribution is 2.24. The average molecular weight is 409 g/mol. The minimum Gasteiger partial charge on any atom is -0.465 e. The second kappa shape index (κ2) is 7.01. The van der Waals surface area contributed by atoms with Crippen molar-refractivity contribution in [2.45, 2.75) is 34.2 Å². The average Bonchev–Trinajstić information content (AvgIpc) is 3.21. The minimum absolute atomic E-state index is 0.171. The first kappa shape index (κ1) is 19.7. The van der Waals surface area contributed by atoms with Crippen molar-refractivity contribution < 1.29 is 9.53 Å². The molecule has 0 saturated carbocycles. The number of nitrogens with zero attached hydrogens (tertiary/aromatic N) is 5. The van der Waals surface area contributed by atoms with E-state index in [9.17, 15) is 14.4 Å². The van der Waals surface area contributed by atoms with Crippen LogP contribution in [-0.2, 0) is 23.1 Å². The summed E-state index contributed by atoms with van der Waals surface area (Å²) in [6.07, 6.45) is 0. The van der Waals surface area contributed by atoms with Crippen LogP contribution in [0.15, 0.2) is 33.9 Å². The zero-order valence-corrected chi connectivity index (χ0v) is 17.6. The predicted octanol–water partition coefficient (Wildman–Crippen LogP) is 1.63. The number of ether oxygens (including phenoxy) is 1. The van der Waals surface area contributed by atoms with Gasteiger partial charge in [0.2, 0.25) is 5.78 Å². The van der Waals surface area contributed by atoms with Crippen LogP contribution in [0.5, 0.6) is 0 Å². The van der Waals surface area contributed by atoms with E-state index in [0.717, 1.165) is 27.2 Å². The lowest BCUT2D eigenvalue weighted by Gasteiger charge is -2.08. The molecule has 0 aliphatic carbocycles. The monoisotopic (exact) mass is 409 g/mol. The van der Waals surface area contributed by atoms with Crippen LogP contribution in [0.3, 0.4) is 0 Å². The fourth-order valence-corrected chi connectivity index (χ4v) is 3.73. The molecule has 0 aliphatic heterocycles. The van der Waals surface area contributed by atoms with Gasteiger partial charge in [-0.2, -0.15) is 4.98 Å². The summed E-state index contributed by atoms with van der Waals surface area (Å²) in [6.45, 7) is 7.26. The molecule has 0 unspecified atom stereocenters. The van der Waals surface area contributed by atoms with E-state index in [0.29, 0.717) is 5.78 Å². The lowest BCUT2D eigenvalue weighted by molar-refractivity contribution is -0.143. The molecule has 0 radical (unpaired) electrons. The number of imidazole rings is 2. The Kier molecular flexibility index (Phi) is 4.60. The first-order chi connectivity index (χ1) is 14.3. The molecule has 0 saturated heterocycles. The third kappa shape index (κ3) is 2.77. The maximum Gasteiger partial charge on any atom is 0.333 e. The molecule has 0 atom stereocenters. The molecule has 0 aliphatic rings. The Morgan fingerprint density at radius 3 is 2.37 bits per heavy atom. The molecule has 0 spiro atoms. The van der Waals surface area contributed by atoms with Gasteiger partial charge >= 0.3 is 11.7 Å². The summed E-state index contributed by atoms with van der Waals surface area (Å²) in [5.74, 6) is -0.105. The van der Waals surface area contributed by atoms with Crippen molar-refractivity contribution in [1.82, 2.24) is 23.1 Å². The Labute approximate surface area is 171 Å². The first-order valence-electron chi connectivity index (χ1n) is 9.68. The minimum atomic E-state index is -0.637. The van der Waals surface area contributed by atoms with E-state index in [2.05, 4.69) is 4.98 Å². The third-order valence-corrected chi connectivity index (χ3v) is 5.40. The van der Waals surface area contributed by atoms with Gasteiger partial charge in [0, 0.05) is 24.1 Å². The summed E-state index contributed by atoms with van der Waals surface area (Å²) < 4.78 is 10.8. The van der Waals surface area contributed by atoms with E-state index in [4.69, 9.17) is 4.74 Å². The van der Waals surface area contributed by atoms with E-state index in [-0.39, 0.29) is 17.8 Å². The van der Waals surface area contributed by atoms with Crippen molar-refractivity contribution in [1.29, 1.82) is 0 Å². The molecule has 0 bridgehead atoms. The van der Waals surface area contributed by atoms with Crippen molar-refractivity contribution in [3.05, 3.63) is 62.1 Å². The zero-order chi connectivity index (χ0) is 21.7. The number of fused-ring (bicyclic) bond motifs is 3. The van der Waals surface area contributed by atoms with Crippen LogP contribution in [-0.4, -0.2) is 35.7 Å². The second-order valence-corrected chi connectivity index (χ2v) is 7.30. The molecule has 3 aromatic heterocycles. The fourth-order valence-electron chi connectivity index (χ4n) is 3.73. The number of carbonyl (C=O) groups is 1. The predicted molar refractivity (Wildman–Crippen MR) is 112 cm³/mol. The van der Waals surface area contributed by atoms with Crippen LogP contribution in [0.1, 0.15) is 23.9 Å². The van der Waals surface area contributed by atoms with E-state index >= 15 is 0 Å². The summed E-state index contributed by atoms with van der Waals surface area (Å²) in [5.41, 5.74) is 3.12. The Morgan fingerprint density at radius 2 is 1.73 bits per heavy atom. The number of carbonyl (C=O) groups excluding carboxylic acids is 1. The number of hydrogen-bond acceptors (Lipinski definition) is 5. The summed E-state index contributed by atoms with van der Waals surface area (Å²) in [4.78, 5) is 42.6. The van der Waals surface area contributed by atoms with Gasteiger partial charge in [-0.1, -0.05) is 17.7 Å². The molecule has 3 heterocycles. The molecule has 9 heteroatoms. The largest absolute Gasteiger partial charge is 0.465 e. The third-order valence-electron chi connectivity index (χ3n) is 5.40. The molecule has 156 valence electrons. The van der Waals surface area contributed by atoms with Gasteiger partial charge in [0.1, 0.15) is 6.54 Å². The van der Waals surface area contributed by atoms with Gasteiger partial charge in [-0.3, -0.25) is 23.1 Å². The Balaban J connectivity index is 2.08. The Hall–Kier alpha value is -3.62. The normalized spacial score (nSPS) is 11.5. The molecule has 1 aromatic carbocycles. The van der Waals surface area contributed by atoms with Crippen LogP contribution in [0.4, 0.5) is 0 Å². The first-order valence-corrected chi connectivity index (χ1v) is 9.68. The summed E-state index contributed by atoms with van der Waals surface area (Å²) in [5, 5.41) is 0. The van der Waals surface area contributed by atoms with Gasteiger partial charge in [-0.05, 0) is 39.8 Å². The van der Waals surface area contributed by atoms with Crippen molar-refractivity contribution >= 4 is 22.9 Å². The van der Waals surface area contributed by atoms with Gasteiger partial charge < -0.3 is 4.74 Å². The Bertz CT molecular complexity index is 1420. The molecule has 0 N–H and O–H groups in total. The number of hydrogen-bond donors (Lipinski definition) is 0. The molecule has 0 amide bonds. The molecule has 4 aromatic rings. The molecule has 0 fully saturated rings. The number of benzene rings is 1. The highest BCUT2D eigenvalue weighted by atomic mass is 16.5. The lowest BCUT2D eigenvalue weighted by atomic mass is 10.2. The summed E-state index contributed by atoms with van der Waals surface area (Å²) in [7, 11) is 1.54. The smallest absolute Gasteiger partial charge is 0.333 e. The second-order valence-electron chi connectivity index (χ2n) is 7.30. The van der Waals surface area contributed by atoms with Crippen LogP contribution < -0.4 is 11.2 Å². The SMILES string of the molecule is CCOC(=O)Cn1c(=O)c2c(nc3n(-c4ccc(C)cc4)c(C)c(C)n23)n(C)c1=O. The van der Waals surface area contributed by atoms with Crippen molar-refractivity contribution in [2.75, 3.05) is 6.61 Å². The van der Waals surface area contributed by atoms with Gasteiger partial charge in [0.25, 0.3) is 5.56 Å². The van der Waals surface area contributed by atoms with Crippen LogP contribution in [0.2, 0.25) is 0 Å². The van der Waals surface area contributed by atoms with Gasteiger partial charge in [0.15, 0.2) is 11.2 Å². The van der Waals surface area contributed by atoms with E-state index in [1.165, 1.54) is 11.6 Å². The quantitative estimate of drug-likeness (QED) is 0.478. The number of aryl methyl sites for hydroxylation is 3. The number of esters is 1. The fraction of sp³-hybridized carbons (Fsp3) is 0.333. The number of rotatable bonds is 4. The van der Waals surface area contributed by atoms with Crippen molar-refractivity contribution in [3.63, 3.8) is 0 Å². The maximum absolute atomic E-state index is 13.2. The molecular weight excluding hydrogens is 386 g/mol. The van der Waals surface area contributed by atoms with E-state index in [1.54, 1.807) is 11.3 Å². The molecular formula is C21H23N5O4. The van der Waals surface area contributed by atoms with Gasteiger partial charge in [-0.25, -0.2) is 9.36 Å². The number of aromatic nitrogens is 5. The standard InChI is InChI=1S/C21H23N5O4/c1-6-30-16(27)11-24-19(28)17-18(23(5)21(24)29)22-20-25(13(3)14(4)26(17)20)15-9-7-12(2)8-10-15/h7-10H,6,11H2,1-5H3. The topological polar surface area (TPSA) is 92.5 Å². The van der Waals surface area contributed by atoms with E-state index < -0.39 is 23.8 Å². The highest BCUT2D eigenvalue weighted by molar-refractivity contribution is 5.78. The summed E-state index contributed by atoms with van der Waals surface area (Å²) in [6, 6.07) is 7.98. The highest BCUT2D eigenvalue weighted by Gasteiger charge is 2.24. The Morgan fingerprint density at radius 1 is 1.07 bits per heavy atom. The van der Waals surface area contributed by atoms with Gasteiger partial charge in [-0.15, -0.1) is 0 Å². The van der Waals surface area contributed by atoms with Crippen molar-refractivity contribution in [2.24, 2.45) is 7.05 Å². The van der Waals surface area contributed by atoms with Crippen LogP contribution in [0.25, 0.3) is 22.6 Å². The summed E-state index contributed by atoms with van der Waals surface area (Å²) >= 11 is 0. The molecule has 4 rings (SSSR count). The molecule has 9 nitrogen and oxygen atoms in total. The van der Waals surface area contributed by atoms with Crippen LogP contribution in [0, 0.1) is 20.8 Å². The van der Waals surface area contributed by atoms with E-state index in [1.807, 2.05) is 49.6 Å². The zero-order valence-electron chi connectivity index (χ0n) is 17.6. The van der Waals surface area contributed by atoms with Crippen LogP contribution >= 0.6 is 0 Å². The lowest BCUT2D eigenvalue weighted by Crippen LogP contribution is -2.41. The van der Waals surface area contributed by atoms with Gasteiger partial charge in [0.05, 0.1) is 6.61 Å². The van der Waals surface area contributed by atoms with Crippen molar-refractivity contribution in [3.8, 4) is 5.69 Å². The maximum atomic E-state index is 13.2. The molecule has 30 heavy (non-hydrogen) atoms.